The number of aryl methyl sites for hydroxylation is 2. The first-order valence-electron chi connectivity index (χ1n) is 15.2. The monoisotopic (exact) mass is 679 g/mol. The first-order valence-corrected chi connectivity index (χ1v) is 16.5. The number of nitrogens with zero attached hydrogens (tertiary/aromatic N) is 4. The van der Waals surface area contributed by atoms with Crippen LogP contribution in [0.3, 0.4) is 0 Å². The highest BCUT2D eigenvalue weighted by atomic mass is 32.2. The zero-order chi connectivity index (χ0) is 35.0. The Morgan fingerprint density at radius 2 is 1.77 bits per heavy atom. The van der Waals surface area contributed by atoms with Crippen LogP contribution in [-0.4, -0.2) is 77.2 Å². The normalized spacial score (nSPS) is 15.5. The highest BCUT2D eigenvalue weighted by molar-refractivity contribution is 7.84. The van der Waals surface area contributed by atoms with E-state index in [1.54, 1.807) is 59.7 Å². The summed E-state index contributed by atoms with van der Waals surface area (Å²) in [5.74, 6) is -1.20. The van der Waals surface area contributed by atoms with Crippen LogP contribution in [0.2, 0.25) is 0 Å². The van der Waals surface area contributed by atoms with E-state index in [9.17, 15) is 22.8 Å². The molecular weight excluding hydrogens is 634 g/mol. The van der Waals surface area contributed by atoms with Gasteiger partial charge in [0.1, 0.15) is 11.2 Å². The summed E-state index contributed by atoms with van der Waals surface area (Å²) in [7, 11) is -2.92. The summed E-state index contributed by atoms with van der Waals surface area (Å²) >= 11 is 0. The molecule has 0 aliphatic carbocycles. The molecule has 47 heavy (non-hydrogen) atoms. The van der Waals surface area contributed by atoms with E-state index < -0.39 is 45.6 Å². The molecule has 2 heterocycles. The molecule has 0 radical (unpaired) electrons. The van der Waals surface area contributed by atoms with Crippen LogP contribution < -0.4 is 5.32 Å². The van der Waals surface area contributed by atoms with E-state index in [0.717, 1.165) is 9.87 Å². The Labute approximate surface area is 275 Å². The van der Waals surface area contributed by atoms with Crippen molar-refractivity contribution in [3.05, 3.63) is 58.8 Å². The molecule has 16 heteroatoms. The molecule has 1 amide bonds. The van der Waals surface area contributed by atoms with Crippen molar-refractivity contribution in [2.24, 2.45) is 0 Å². The van der Waals surface area contributed by atoms with Gasteiger partial charge < -0.3 is 28.4 Å². The third-order valence-electron chi connectivity index (χ3n) is 6.55. The third-order valence-corrected chi connectivity index (χ3v) is 7.83. The molecule has 0 fully saturated rings. The lowest BCUT2D eigenvalue weighted by Gasteiger charge is -2.27. The number of unbranched alkanes of at least 4 members (excludes halogenated alkanes) is 1. The lowest BCUT2D eigenvalue weighted by molar-refractivity contribution is -0.141. The van der Waals surface area contributed by atoms with E-state index in [1.807, 2.05) is 6.92 Å². The summed E-state index contributed by atoms with van der Waals surface area (Å²) in [5, 5.41) is 10.5. The standard InChI is InChI=1S/C31H45N5O10S/c1-21-11-12-22(24(18-26(37)42-8)32-29(39)45-31(5,6)7)17-23(21)19-36-15-13-27(46-47(36,40)41)43-16-10-9-14-35-20-25(33-34-35)28(38)44-30(2,3)4/h11-13,17,20,24H,9-10,14-16,18-19H2,1-8H3,(H,32,39). The minimum Gasteiger partial charge on any atom is -0.469 e. The topological polar surface area (TPSA) is 177 Å². The Bertz CT molecular complexity index is 1560. The van der Waals surface area contributed by atoms with E-state index in [0.29, 0.717) is 30.5 Å². The Morgan fingerprint density at radius 1 is 1.06 bits per heavy atom. The molecule has 1 atom stereocenters. The molecule has 1 aromatic heterocycles. The van der Waals surface area contributed by atoms with Crippen molar-refractivity contribution in [2.45, 2.75) is 98.1 Å². The molecule has 3 rings (SSSR count). The highest BCUT2D eigenvalue weighted by Gasteiger charge is 2.31. The van der Waals surface area contributed by atoms with Crippen molar-refractivity contribution < 1.29 is 45.9 Å². The first-order chi connectivity index (χ1) is 21.8. The Balaban J connectivity index is 1.57. The zero-order valence-electron chi connectivity index (χ0n) is 28.2. The molecule has 1 aromatic carbocycles. The molecule has 0 bridgehead atoms. The predicted molar refractivity (Wildman–Crippen MR) is 169 cm³/mol. The van der Waals surface area contributed by atoms with Crippen molar-refractivity contribution in [1.29, 1.82) is 0 Å². The van der Waals surface area contributed by atoms with Gasteiger partial charge in [0.05, 0.1) is 32.4 Å². The maximum atomic E-state index is 13.0. The summed E-state index contributed by atoms with van der Waals surface area (Å²) in [6.07, 6.45) is 3.37. The molecule has 2 aromatic rings. The van der Waals surface area contributed by atoms with Gasteiger partial charge in [0.15, 0.2) is 5.69 Å². The summed E-state index contributed by atoms with van der Waals surface area (Å²) < 4.78 is 54.9. The Kier molecular flexibility index (Phi) is 12.4. The number of carbonyl (C=O) groups is 3. The zero-order valence-corrected chi connectivity index (χ0v) is 29.0. The van der Waals surface area contributed by atoms with Crippen LogP contribution >= 0.6 is 0 Å². The largest absolute Gasteiger partial charge is 0.469 e. The fourth-order valence-electron chi connectivity index (χ4n) is 4.29. The average molecular weight is 680 g/mol. The molecule has 1 N–H and O–H groups in total. The first kappa shape index (κ1) is 37.3. The van der Waals surface area contributed by atoms with Crippen LogP contribution in [0, 0.1) is 6.92 Å². The van der Waals surface area contributed by atoms with Gasteiger partial charge in [-0.05, 0) is 78.0 Å². The van der Waals surface area contributed by atoms with Crippen molar-refractivity contribution in [3.8, 4) is 0 Å². The molecule has 1 aliphatic heterocycles. The van der Waals surface area contributed by atoms with Crippen molar-refractivity contribution >= 4 is 28.3 Å². The third kappa shape index (κ3) is 12.2. The summed E-state index contributed by atoms with van der Waals surface area (Å²) in [4.78, 5) is 36.7. The summed E-state index contributed by atoms with van der Waals surface area (Å²) in [5.41, 5.74) is 0.757. The van der Waals surface area contributed by atoms with E-state index in [-0.39, 0.29) is 37.8 Å². The van der Waals surface area contributed by atoms with Gasteiger partial charge in [-0.3, -0.25) is 9.48 Å². The second-order valence-electron chi connectivity index (χ2n) is 12.9. The number of methoxy groups -OCH3 is 1. The van der Waals surface area contributed by atoms with Gasteiger partial charge in [-0.25, -0.2) is 9.59 Å². The number of ether oxygens (including phenoxy) is 4. The molecular formula is C31H45N5O10S. The lowest BCUT2D eigenvalue weighted by Crippen LogP contribution is -2.37. The second kappa shape index (κ2) is 15.6. The SMILES string of the molecule is COC(=O)CC(NC(=O)OC(C)(C)C)c1ccc(C)c(CN2CC=C(OCCCCn3cc(C(=O)OC(C)(C)C)nn3)OS2(=O)=O)c1. The number of aromatic nitrogens is 3. The molecule has 260 valence electrons. The number of benzene rings is 1. The maximum Gasteiger partial charge on any atom is 0.408 e. The maximum absolute atomic E-state index is 13.0. The quantitative estimate of drug-likeness (QED) is 0.183. The number of hydrogen-bond acceptors (Lipinski definition) is 12. The second-order valence-corrected chi connectivity index (χ2v) is 14.5. The van der Waals surface area contributed by atoms with Crippen LogP contribution in [0.25, 0.3) is 0 Å². The lowest BCUT2D eigenvalue weighted by atomic mass is 9.98. The number of amides is 1. The Morgan fingerprint density at radius 3 is 2.40 bits per heavy atom. The predicted octanol–water partition coefficient (Wildman–Crippen LogP) is 4.09. The van der Waals surface area contributed by atoms with Crippen molar-refractivity contribution in [1.82, 2.24) is 24.6 Å². The molecule has 0 spiro atoms. The van der Waals surface area contributed by atoms with Crippen molar-refractivity contribution in [3.63, 3.8) is 0 Å². The fourth-order valence-corrected chi connectivity index (χ4v) is 5.27. The average Bonchev–Trinajstić information content (AvgIpc) is 3.42. The summed E-state index contributed by atoms with van der Waals surface area (Å²) in [6.45, 7) is 13.0. The van der Waals surface area contributed by atoms with E-state index in [2.05, 4.69) is 15.6 Å². The minimum absolute atomic E-state index is 0.00941. The highest BCUT2D eigenvalue weighted by Crippen LogP contribution is 2.26. The van der Waals surface area contributed by atoms with Gasteiger partial charge in [0.25, 0.3) is 5.95 Å². The Hall–Kier alpha value is -4.18. The van der Waals surface area contributed by atoms with Gasteiger partial charge in [0, 0.05) is 25.7 Å². The van der Waals surface area contributed by atoms with Gasteiger partial charge >= 0.3 is 28.3 Å². The van der Waals surface area contributed by atoms with E-state index in [4.69, 9.17) is 23.1 Å². The number of esters is 2. The van der Waals surface area contributed by atoms with Crippen LogP contribution in [0.4, 0.5) is 4.79 Å². The van der Waals surface area contributed by atoms with Crippen LogP contribution in [-0.2, 0) is 51.3 Å². The smallest absolute Gasteiger partial charge is 0.408 e. The number of nitrogens with one attached hydrogen (secondary N) is 1. The molecule has 15 nitrogen and oxygen atoms in total. The molecule has 1 unspecified atom stereocenters. The van der Waals surface area contributed by atoms with E-state index in [1.165, 1.54) is 24.1 Å². The molecule has 1 aliphatic rings. The van der Waals surface area contributed by atoms with Gasteiger partial charge in [-0.2, -0.15) is 12.7 Å². The number of rotatable bonds is 13. The number of alkyl carbamates (subject to hydrolysis) is 1. The van der Waals surface area contributed by atoms with Crippen LogP contribution in [0.15, 0.2) is 36.4 Å². The molecule has 0 saturated carbocycles. The van der Waals surface area contributed by atoms with Gasteiger partial charge in [0.2, 0.25) is 0 Å². The summed E-state index contributed by atoms with van der Waals surface area (Å²) in [6, 6.07) is 4.49. The number of carbonyl (C=O) groups excluding carboxylic acids is 3. The minimum atomic E-state index is -4.18. The van der Waals surface area contributed by atoms with Crippen LogP contribution in [0.5, 0.6) is 0 Å². The van der Waals surface area contributed by atoms with Crippen LogP contribution in [0.1, 0.15) is 94.0 Å². The van der Waals surface area contributed by atoms with Gasteiger partial charge in [-0.15, -0.1) is 5.10 Å². The van der Waals surface area contributed by atoms with Gasteiger partial charge in [-0.1, -0.05) is 23.4 Å². The fraction of sp³-hybridized carbons (Fsp3) is 0.581. The van der Waals surface area contributed by atoms with E-state index >= 15 is 0 Å². The number of hydrogen-bond donors (Lipinski definition) is 1. The van der Waals surface area contributed by atoms with Crippen molar-refractivity contribution in [2.75, 3.05) is 20.3 Å². The molecule has 0 saturated heterocycles.